The lowest BCUT2D eigenvalue weighted by Gasteiger charge is -2.40. The molecule has 0 spiro atoms. The molecule has 1 fully saturated rings. The standard InChI is InChI=1S/C24H38FN3O4S/c1-5-13-27(33(31,32)16-6-2)18-23(29)28(17-20-7-9-21(25)10-8-20)22-11-14-26(15-12-22)24(30)19(3)4/h7-10,19,22H,5-6,11-18H2,1-4H3. The van der Waals surface area contributed by atoms with E-state index in [1.54, 1.807) is 24.0 Å². The largest absolute Gasteiger partial charge is 0.342 e. The molecular weight excluding hydrogens is 445 g/mol. The summed E-state index contributed by atoms with van der Waals surface area (Å²) in [6.07, 6.45) is 2.35. The van der Waals surface area contributed by atoms with Gasteiger partial charge in [0.15, 0.2) is 0 Å². The predicted octanol–water partition coefficient (Wildman–Crippen LogP) is 3.25. The van der Waals surface area contributed by atoms with Crippen molar-refractivity contribution >= 4 is 21.8 Å². The van der Waals surface area contributed by atoms with Crippen LogP contribution in [0.25, 0.3) is 0 Å². The number of carbonyl (C=O) groups excluding carboxylic acids is 2. The normalized spacial score (nSPS) is 15.3. The Morgan fingerprint density at radius 3 is 2.21 bits per heavy atom. The molecule has 33 heavy (non-hydrogen) atoms. The molecule has 0 radical (unpaired) electrons. The molecule has 2 rings (SSSR count). The number of hydrogen-bond acceptors (Lipinski definition) is 4. The lowest BCUT2D eigenvalue weighted by Crippen LogP contribution is -2.52. The van der Waals surface area contributed by atoms with Crippen LogP contribution in [0.15, 0.2) is 24.3 Å². The van der Waals surface area contributed by atoms with Crippen molar-refractivity contribution in [3.8, 4) is 0 Å². The lowest BCUT2D eigenvalue weighted by molar-refractivity contribution is -0.139. The van der Waals surface area contributed by atoms with Gasteiger partial charge >= 0.3 is 0 Å². The number of benzene rings is 1. The Morgan fingerprint density at radius 1 is 1.09 bits per heavy atom. The van der Waals surface area contributed by atoms with E-state index in [4.69, 9.17) is 0 Å². The van der Waals surface area contributed by atoms with Gasteiger partial charge in [0, 0.05) is 38.1 Å². The fourth-order valence-corrected chi connectivity index (χ4v) is 5.71. The molecule has 7 nitrogen and oxygen atoms in total. The van der Waals surface area contributed by atoms with Crippen LogP contribution >= 0.6 is 0 Å². The smallest absolute Gasteiger partial charge is 0.238 e. The number of likely N-dealkylation sites (tertiary alicyclic amines) is 1. The highest BCUT2D eigenvalue weighted by molar-refractivity contribution is 7.89. The van der Waals surface area contributed by atoms with Gasteiger partial charge in [-0.05, 0) is 43.4 Å². The van der Waals surface area contributed by atoms with Gasteiger partial charge in [-0.3, -0.25) is 9.59 Å². The minimum absolute atomic E-state index is 0.00788. The van der Waals surface area contributed by atoms with Crippen LogP contribution in [0, 0.1) is 11.7 Å². The zero-order chi connectivity index (χ0) is 24.6. The third-order valence-electron chi connectivity index (χ3n) is 5.94. The monoisotopic (exact) mass is 483 g/mol. The number of sulfonamides is 1. The first-order chi connectivity index (χ1) is 15.6. The lowest BCUT2D eigenvalue weighted by atomic mass is 10.0. The third kappa shape index (κ3) is 7.78. The average Bonchev–Trinajstić information content (AvgIpc) is 2.78. The van der Waals surface area contributed by atoms with Crippen molar-refractivity contribution in [2.45, 2.75) is 66.0 Å². The number of hydrogen-bond donors (Lipinski definition) is 0. The predicted molar refractivity (Wildman–Crippen MR) is 127 cm³/mol. The van der Waals surface area contributed by atoms with Gasteiger partial charge in [-0.25, -0.2) is 12.8 Å². The SMILES string of the molecule is CCCN(CC(=O)N(Cc1ccc(F)cc1)C1CCN(C(=O)C(C)C)CC1)S(=O)(=O)CCC. The summed E-state index contributed by atoms with van der Waals surface area (Å²) < 4.78 is 40.1. The maximum atomic E-state index is 13.4. The van der Waals surface area contributed by atoms with Crippen molar-refractivity contribution < 1.29 is 22.4 Å². The molecular formula is C24H38FN3O4S. The number of nitrogens with zero attached hydrogens (tertiary/aromatic N) is 3. The second-order valence-corrected chi connectivity index (χ2v) is 11.1. The first-order valence-corrected chi connectivity index (χ1v) is 13.5. The molecule has 186 valence electrons. The van der Waals surface area contributed by atoms with E-state index < -0.39 is 10.0 Å². The molecule has 1 aliphatic heterocycles. The van der Waals surface area contributed by atoms with Gasteiger partial charge in [0.25, 0.3) is 0 Å². The molecule has 1 aliphatic rings. The van der Waals surface area contributed by atoms with Crippen LogP contribution < -0.4 is 0 Å². The first-order valence-electron chi connectivity index (χ1n) is 11.9. The molecule has 0 bridgehead atoms. The van der Waals surface area contributed by atoms with Crippen LogP contribution in [0.2, 0.25) is 0 Å². The molecule has 2 amide bonds. The van der Waals surface area contributed by atoms with Gasteiger partial charge in [-0.1, -0.05) is 39.8 Å². The van der Waals surface area contributed by atoms with E-state index >= 15 is 0 Å². The molecule has 0 unspecified atom stereocenters. The van der Waals surface area contributed by atoms with Crippen LogP contribution in [0.5, 0.6) is 0 Å². The highest BCUT2D eigenvalue weighted by atomic mass is 32.2. The fraction of sp³-hybridized carbons (Fsp3) is 0.667. The minimum atomic E-state index is -3.52. The van der Waals surface area contributed by atoms with Gasteiger partial charge in [0.1, 0.15) is 5.82 Å². The minimum Gasteiger partial charge on any atom is -0.342 e. The summed E-state index contributed by atoms with van der Waals surface area (Å²) in [6, 6.07) is 5.89. The van der Waals surface area contributed by atoms with Gasteiger partial charge in [-0.2, -0.15) is 4.31 Å². The Kier molecular flexibility index (Phi) is 10.3. The average molecular weight is 484 g/mol. The van der Waals surface area contributed by atoms with E-state index in [2.05, 4.69) is 0 Å². The zero-order valence-electron chi connectivity index (χ0n) is 20.3. The summed E-state index contributed by atoms with van der Waals surface area (Å²) in [6.45, 7) is 8.91. The maximum Gasteiger partial charge on any atom is 0.238 e. The fourth-order valence-electron chi connectivity index (χ4n) is 4.17. The number of amides is 2. The maximum absolute atomic E-state index is 13.4. The molecule has 0 aromatic heterocycles. The number of rotatable bonds is 11. The Balaban J connectivity index is 2.22. The highest BCUT2D eigenvalue weighted by Crippen LogP contribution is 2.22. The summed E-state index contributed by atoms with van der Waals surface area (Å²) >= 11 is 0. The van der Waals surface area contributed by atoms with Crippen molar-refractivity contribution in [3.63, 3.8) is 0 Å². The van der Waals surface area contributed by atoms with E-state index in [9.17, 15) is 22.4 Å². The van der Waals surface area contributed by atoms with Gasteiger partial charge in [0.2, 0.25) is 21.8 Å². The highest BCUT2D eigenvalue weighted by Gasteiger charge is 2.32. The van der Waals surface area contributed by atoms with Crippen molar-refractivity contribution in [2.75, 3.05) is 31.9 Å². The molecule has 0 aliphatic carbocycles. The van der Waals surface area contributed by atoms with Crippen molar-refractivity contribution in [1.29, 1.82) is 0 Å². The van der Waals surface area contributed by atoms with Crippen LogP contribution in [0.1, 0.15) is 58.9 Å². The number of piperidine rings is 1. The van der Waals surface area contributed by atoms with Crippen LogP contribution in [0.4, 0.5) is 4.39 Å². The van der Waals surface area contributed by atoms with E-state index in [0.717, 1.165) is 5.56 Å². The van der Waals surface area contributed by atoms with Crippen LogP contribution in [-0.2, 0) is 26.2 Å². The molecule has 0 saturated carbocycles. The topological polar surface area (TPSA) is 78.0 Å². The second kappa shape index (κ2) is 12.5. The van der Waals surface area contributed by atoms with Crippen LogP contribution in [-0.4, -0.2) is 72.3 Å². The summed E-state index contributed by atoms with van der Waals surface area (Å²) in [5.41, 5.74) is 0.781. The summed E-state index contributed by atoms with van der Waals surface area (Å²) in [5, 5.41) is 0. The van der Waals surface area contributed by atoms with E-state index in [-0.39, 0.29) is 48.4 Å². The summed E-state index contributed by atoms with van der Waals surface area (Å²) in [5.74, 6) is -0.582. The molecule has 1 aromatic carbocycles. The zero-order valence-corrected chi connectivity index (χ0v) is 21.1. The Labute approximate surface area is 198 Å². The Bertz CT molecular complexity index is 881. The quantitative estimate of drug-likeness (QED) is 0.484. The van der Waals surface area contributed by atoms with Crippen molar-refractivity contribution in [3.05, 3.63) is 35.6 Å². The molecule has 1 heterocycles. The van der Waals surface area contributed by atoms with Crippen molar-refractivity contribution in [1.82, 2.24) is 14.1 Å². The molecule has 1 saturated heterocycles. The second-order valence-electron chi connectivity index (χ2n) is 9.01. The molecule has 1 aromatic rings. The number of carbonyl (C=O) groups is 2. The summed E-state index contributed by atoms with van der Waals surface area (Å²) in [4.78, 5) is 29.3. The van der Waals surface area contributed by atoms with E-state index in [1.165, 1.54) is 16.4 Å². The molecule has 0 N–H and O–H groups in total. The molecule has 0 atom stereocenters. The molecule has 9 heteroatoms. The van der Waals surface area contributed by atoms with E-state index in [1.807, 2.05) is 25.7 Å². The Hall–Kier alpha value is -2.00. The van der Waals surface area contributed by atoms with Crippen molar-refractivity contribution in [2.24, 2.45) is 5.92 Å². The first kappa shape index (κ1) is 27.2. The van der Waals surface area contributed by atoms with Crippen LogP contribution in [0.3, 0.4) is 0 Å². The van der Waals surface area contributed by atoms with Gasteiger partial charge in [0.05, 0.1) is 12.3 Å². The van der Waals surface area contributed by atoms with Gasteiger partial charge < -0.3 is 9.80 Å². The number of halogens is 1. The van der Waals surface area contributed by atoms with E-state index in [0.29, 0.717) is 45.3 Å². The Morgan fingerprint density at radius 2 is 1.70 bits per heavy atom. The summed E-state index contributed by atoms with van der Waals surface area (Å²) in [7, 11) is -3.52. The third-order valence-corrected chi connectivity index (χ3v) is 7.96. The van der Waals surface area contributed by atoms with Gasteiger partial charge in [-0.15, -0.1) is 0 Å².